The van der Waals surface area contributed by atoms with Crippen LogP contribution in [0.3, 0.4) is 0 Å². The second-order valence-corrected chi connectivity index (χ2v) is 9.47. The normalized spacial score (nSPS) is 18.7. The minimum atomic E-state index is -0.906. The van der Waals surface area contributed by atoms with Crippen molar-refractivity contribution in [2.24, 2.45) is 0 Å². The van der Waals surface area contributed by atoms with Crippen LogP contribution in [-0.2, 0) is 12.8 Å². The number of carboxylic acid groups (broad SMARTS) is 1. The van der Waals surface area contributed by atoms with Crippen molar-refractivity contribution in [3.8, 4) is 0 Å². The van der Waals surface area contributed by atoms with Gasteiger partial charge >= 0.3 is 6.09 Å². The van der Waals surface area contributed by atoms with Crippen LogP contribution in [-0.4, -0.2) is 60.5 Å². The van der Waals surface area contributed by atoms with E-state index in [1.54, 1.807) is 0 Å². The van der Waals surface area contributed by atoms with E-state index in [-0.39, 0.29) is 6.04 Å². The summed E-state index contributed by atoms with van der Waals surface area (Å²) < 4.78 is 2.40. The number of amides is 1. The average Bonchev–Trinajstić information content (AvgIpc) is 3.53. The summed E-state index contributed by atoms with van der Waals surface area (Å²) in [4.78, 5) is 20.9. The predicted octanol–water partition coefficient (Wildman–Crippen LogP) is 3.80. The van der Waals surface area contributed by atoms with Crippen LogP contribution >= 0.6 is 0 Å². The summed E-state index contributed by atoms with van der Waals surface area (Å²) >= 11 is 0. The number of aromatic nitrogens is 6. The number of nitrogens with one attached hydrogen (secondary N) is 1. The number of aromatic amines is 1. The third-order valence-corrected chi connectivity index (χ3v) is 7.40. The Balaban J connectivity index is 1.42. The van der Waals surface area contributed by atoms with E-state index in [4.69, 9.17) is 4.98 Å². The van der Waals surface area contributed by atoms with Crippen LogP contribution in [0.15, 0.2) is 42.5 Å². The lowest BCUT2D eigenvalue weighted by Crippen LogP contribution is -2.41. The smallest absolute Gasteiger partial charge is 0.412 e. The number of benzene rings is 2. The fraction of sp³-hybridized carbons (Fsp3) is 0.400. The summed E-state index contributed by atoms with van der Waals surface area (Å²) in [6.45, 7) is 3.67. The van der Waals surface area contributed by atoms with Gasteiger partial charge in [0.1, 0.15) is 5.82 Å². The molecule has 0 aliphatic carbocycles. The lowest BCUT2D eigenvalue weighted by atomic mass is 9.95. The number of hydrogen-bond donors (Lipinski definition) is 2. The minimum absolute atomic E-state index is 0.0433. The Hall–Kier alpha value is -3.95. The van der Waals surface area contributed by atoms with Crippen LogP contribution in [0.4, 0.5) is 16.4 Å². The molecule has 1 atom stereocenters. The fourth-order valence-corrected chi connectivity index (χ4v) is 5.67. The molecule has 1 saturated heterocycles. The molecule has 0 bridgehead atoms. The zero-order valence-electron chi connectivity index (χ0n) is 19.6. The molecular formula is C25H28N8O2. The molecule has 4 aromatic rings. The molecule has 0 saturated carbocycles. The van der Waals surface area contributed by atoms with E-state index in [1.165, 1.54) is 10.5 Å². The van der Waals surface area contributed by atoms with Gasteiger partial charge in [-0.15, -0.1) is 0 Å². The number of nitrogens with zero attached hydrogens (tertiary/aromatic N) is 7. The number of tetrazole rings is 1. The predicted molar refractivity (Wildman–Crippen MR) is 132 cm³/mol. The second-order valence-electron chi connectivity index (χ2n) is 9.47. The van der Waals surface area contributed by atoms with E-state index >= 15 is 0 Å². The Morgan fingerprint density at radius 1 is 1.11 bits per heavy atom. The average molecular weight is 473 g/mol. The number of carbonyl (C=O) groups is 1. The molecule has 2 aromatic heterocycles. The van der Waals surface area contributed by atoms with Gasteiger partial charge in [-0.2, -0.15) is 0 Å². The Labute approximate surface area is 202 Å². The van der Waals surface area contributed by atoms with E-state index in [9.17, 15) is 9.90 Å². The van der Waals surface area contributed by atoms with E-state index in [1.807, 2.05) is 19.1 Å². The number of piperidine rings is 1. The summed E-state index contributed by atoms with van der Waals surface area (Å²) in [5.74, 6) is 1.74. The standard InChI is InChI=1S/C25H28N8O2/c1-16-7-8-19-20(32(16)25(34)35)9-10-21-23(19)26-22(15-17-5-3-2-4-6-17)33(21)18-11-13-31(14-12-18)24-27-29-30-28-24/h2-6,9-10,16,18H,7-8,11-15H2,1H3,(H,34,35)(H,27,28,29,30)/t16-/m0/s1. The third kappa shape index (κ3) is 3.78. The lowest BCUT2D eigenvalue weighted by molar-refractivity contribution is 0.198. The van der Waals surface area contributed by atoms with Crippen LogP contribution in [0.1, 0.15) is 49.2 Å². The molecule has 2 aliphatic rings. The Morgan fingerprint density at radius 3 is 2.63 bits per heavy atom. The number of aryl methyl sites for hydroxylation is 1. The zero-order valence-corrected chi connectivity index (χ0v) is 19.6. The SMILES string of the molecule is C[C@H]1CCc2c(ccc3c2nc(Cc2ccccc2)n3C2CCN(c3nnn[nH]3)CC2)N1C(=O)O. The van der Waals surface area contributed by atoms with E-state index in [0.29, 0.717) is 12.0 Å². The summed E-state index contributed by atoms with van der Waals surface area (Å²) in [5, 5.41) is 24.2. The third-order valence-electron chi connectivity index (χ3n) is 7.40. The largest absolute Gasteiger partial charge is 0.465 e. The van der Waals surface area contributed by atoms with Crippen LogP contribution in [0.25, 0.3) is 11.0 Å². The van der Waals surface area contributed by atoms with Gasteiger partial charge in [0.2, 0.25) is 5.95 Å². The molecule has 1 fully saturated rings. The number of imidazole rings is 1. The molecule has 10 heteroatoms. The van der Waals surface area contributed by atoms with Gasteiger partial charge < -0.3 is 14.6 Å². The van der Waals surface area contributed by atoms with Crippen molar-refractivity contribution in [3.05, 3.63) is 59.4 Å². The molecule has 0 radical (unpaired) electrons. The first-order valence-electron chi connectivity index (χ1n) is 12.2. The maximum atomic E-state index is 12.0. The number of hydrogen-bond acceptors (Lipinski definition) is 6. The van der Waals surface area contributed by atoms with Crippen LogP contribution in [0.2, 0.25) is 0 Å². The van der Waals surface area contributed by atoms with Crippen molar-refractivity contribution in [1.82, 2.24) is 30.2 Å². The monoisotopic (exact) mass is 472 g/mol. The Morgan fingerprint density at radius 2 is 1.91 bits per heavy atom. The van der Waals surface area contributed by atoms with Gasteiger partial charge in [-0.05, 0) is 60.7 Å². The van der Waals surface area contributed by atoms with Crippen LogP contribution in [0, 0.1) is 0 Å². The van der Waals surface area contributed by atoms with Crippen LogP contribution in [0.5, 0.6) is 0 Å². The maximum Gasteiger partial charge on any atom is 0.412 e. The molecular weight excluding hydrogens is 444 g/mol. The fourth-order valence-electron chi connectivity index (χ4n) is 5.67. The van der Waals surface area contributed by atoms with E-state index in [2.05, 4.69) is 60.4 Å². The molecule has 0 unspecified atom stereocenters. The van der Waals surface area contributed by atoms with Crippen molar-refractivity contribution in [2.75, 3.05) is 22.9 Å². The Bertz CT molecular complexity index is 1340. The first-order valence-corrected chi connectivity index (χ1v) is 12.2. The molecule has 2 N–H and O–H groups in total. The summed E-state index contributed by atoms with van der Waals surface area (Å²) in [7, 11) is 0. The van der Waals surface area contributed by atoms with Crippen molar-refractivity contribution < 1.29 is 9.90 Å². The van der Waals surface area contributed by atoms with E-state index in [0.717, 1.165) is 73.3 Å². The van der Waals surface area contributed by atoms with Crippen molar-refractivity contribution >= 4 is 28.8 Å². The van der Waals surface area contributed by atoms with Gasteiger partial charge in [-0.3, -0.25) is 4.90 Å². The van der Waals surface area contributed by atoms with Gasteiger partial charge in [0.05, 0.1) is 16.7 Å². The summed E-state index contributed by atoms with van der Waals surface area (Å²) in [5.41, 5.74) is 5.06. The molecule has 35 heavy (non-hydrogen) atoms. The Kier molecular flexibility index (Phi) is 5.35. The number of fused-ring (bicyclic) bond motifs is 3. The van der Waals surface area contributed by atoms with E-state index < -0.39 is 6.09 Å². The molecule has 1 amide bonds. The summed E-state index contributed by atoms with van der Waals surface area (Å²) in [6.07, 6.45) is 3.34. The maximum absolute atomic E-state index is 12.0. The molecule has 180 valence electrons. The highest BCUT2D eigenvalue weighted by molar-refractivity contribution is 5.94. The number of H-pyrrole nitrogens is 1. The van der Waals surface area contributed by atoms with Gasteiger partial charge in [-0.1, -0.05) is 35.4 Å². The summed E-state index contributed by atoms with van der Waals surface area (Å²) in [6, 6.07) is 14.7. The van der Waals surface area contributed by atoms with Crippen molar-refractivity contribution in [3.63, 3.8) is 0 Å². The molecule has 2 aromatic carbocycles. The number of anilines is 2. The van der Waals surface area contributed by atoms with Gasteiger partial charge in [0, 0.05) is 37.2 Å². The zero-order chi connectivity index (χ0) is 23.9. The van der Waals surface area contributed by atoms with Crippen molar-refractivity contribution in [1.29, 1.82) is 0 Å². The van der Waals surface area contributed by atoms with Crippen molar-refractivity contribution in [2.45, 2.75) is 51.1 Å². The quantitative estimate of drug-likeness (QED) is 0.464. The second kappa shape index (κ2) is 8.68. The highest BCUT2D eigenvalue weighted by Gasteiger charge is 2.32. The topological polar surface area (TPSA) is 116 Å². The molecule has 2 aliphatic heterocycles. The first kappa shape index (κ1) is 21.6. The van der Waals surface area contributed by atoms with Gasteiger partial charge in [-0.25, -0.2) is 14.9 Å². The number of rotatable bonds is 4. The molecule has 6 rings (SSSR count). The molecule has 0 spiro atoms. The van der Waals surface area contributed by atoms with Crippen LogP contribution < -0.4 is 9.80 Å². The lowest BCUT2D eigenvalue weighted by Gasteiger charge is -2.34. The molecule has 10 nitrogen and oxygen atoms in total. The van der Waals surface area contributed by atoms with Gasteiger partial charge in [0.15, 0.2) is 0 Å². The highest BCUT2D eigenvalue weighted by Crippen LogP contribution is 2.38. The molecule has 4 heterocycles. The van der Waals surface area contributed by atoms with Gasteiger partial charge in [0.25, 0.3) is 0 Å². The first-order chi connectivity index (χ1) is 17.1. The minimum Gasteiger partial charge on any atom is -0.465 e. The highest BCUT2D eigenvalue weighted by atomic mass is 16.4.